The van der Waals surface area contributed by atoms with Crippen LogP contribution in [0.5, 0.6) is 0 Å². The lowest BCUT2D eigenvalue weighted by molar-refractivity contribution is -0.387. The van der Waals surface area contributed by atoms with Gasteiger partial charge in [-0.3, -0.25) is 10.1 Å². The van der Waals surface area contributed by atoms with Crippen LogP contribution < -0.4 is 0 Å². The molecule has 26 heavy (non-hydrogen) atoms. The van der Waals surface area contributed by atoms with Crippen LogP contribution in [0.2, 0.25) is 0 Å². The van der Waals surface area contributed by atoms with Crippen molar-refractivity contribution in [2.24, 2.45) is 0 Å². The fourth-order valence-corrected chi connectivity index (χ4v) is 3.82. The molecule has 0 amide bonds. The summed E-state index contributed by atoms with van der Waals surface area (Å²) in [6.07, 6.45) is 0. The number of carbonyl (C=O) groups excluding carboxylic acids is 2. The molecule has 9 nitrogen and oxygen atoms in total. The average molecular weight is 379 g/mol. The summed E-state index contributed by atoms with van der Waals surface area (Å²) < 4.78 is 34.9. The topological polar surface area (TPSA) is 130 Å². The van der Waals surface area contributed by atoms with E-state index in [9.17, 15) is 28.1 Å². The van der Waals surface area contributed by atoms with Crippen molar-refractivity contribution in [3.63, 3.8) is 0 Å². The van der Waals surface area contributed by atoms with Crippen LogP contribution in [-0.4, -0.2) is 39.5 Å². The number of nitrogens with zero attached hydrogens (tertiary/aromatic N) is 1. The molecule has 2 aromatic carbocycles. The molecule has 136 valence electrons. The van der Waals surface area contributed by atoms with Gasteiger partial charge in [-0.25, -0.2) is 18.0 Å². The number of sulfone groups is 1. The van der Waals surface area contributed by atoms with Gasteiger partial charge < -0.3 is 9.47 Å². The largest absolute Gasteiger partial charge is 0.465 e. The van der Waals surface area contributed by atoms with Gasteiger partial charge in [-0.05, 0) is 24.3 Å². The van der Waals surface area contributed by atoms with Crippen LogP contribution in [0, 0.1) is 10.1 Å². The van der Waals surface area contributed by atoms with Gasteiger partial charge in [0, 0.05) is 6.07 Å². The number of carbonyl (C=O) groups is 2. The van der Waals surface area contributed by atoms with Gasteiger partial charge in [0.15, 0.2) is 0 Å². The first-order chi connectivity index (χ1) is 12.2. The summed E-state index contributed by atoms with van der Waals surface area (Å²) in [6.45, 7) is 0. The van der Waals surface area contributed by atoms with Crippen LogP contribution >= 0.6 is 0 Å². The zero-order valence-corrected chi connectivity index (χ0v) is 14.5. The monoisotopic (exact) mass is 379 g/mol. The molecule has 2 aromatic rings. The molecular formula is C16H13NO8S. The van der Waals surface area contributed by atoms with E-state index >= 15 is 0 Å². The number of rotatable bonds is 5. The van der Waals surface area contributed by atoms with Gasteiger partial charge in [0.25, 0.3) is 5.69 Å². The number of nitro benzene ring substituents is 1. The van der Waals surface area contributed by atoms with Crippen molar-refractivity contribution in [2.45, 2.75) is 9.79 Å². The fourth-order valence-electron chi connectivity index (χ4n) is 2.23. The fraction of sp³-hybridized carbons (Fsp3) is 0.125. The van der Waals surface area contributed by atoms with Crippen LogP contribution in [0.25, 0.3) is 0 Å². The molecular weight excluding hydrogens is 366 g/mol. The van der Waals surface area contributed by atoms with E-state index in [1.165, 1.54) is 18.2 Å². The van der Waals surface area contributed by atoms with Gasteiger partial charge in [0.2, 0.25) is 9.84 Å². The van der Waals surface area contributed by atoms with E-state index in [1.807, 2.05) is 0 Å². The first-order valence-corrected chi connectivity index (χ1v) is 8.51. The highest BCUT2D eigenvalue weighted by Crippen LogP contribution is 2.32. The van der Waals surface area contributed by atoms with Crippen LogP contribution in [-0.2, 0) is 19.3 Å². The molecule has 0 saturated carbocycles. The molecule has 0 atom stereocenters. The van der Waals surface area contributed by atoms with Crippen molar-refractivity contribution in [2.75, 3.05) is 14.2 Å². The second kappa shape index (κ2) is 7.31. The van der Waals surface area contributed by atoms with E-state index in [0.717, 1.165) is 38.5 Å². The summed E-state index contributed by atoms with van der Waals surface area (Å²) in [5.41, 5.74) is -1.26. The molecule has 0 aromatic heterocycles. The first kappa shape index (κ1) is 19.1. The Morgan fingerprint density at radius 3 is 2.15 bits per heavy atom. The number of ether oxygens (including phenoxy) is 2. The van der Waals surface area contributed by atoms with Crippen LogP contribution in [0.4, 0.5) is 5.69 Å². The highest BCUT2D eigenvalue weighted by molar-refractivity contribution is 7.91. The lowest BCUT2D eigenvalue weighted by Crippen LogP contribution is -2.13. The van der Waals surface area contributed by atoms with Crippen LogP contribution in [0.1, 0.15) is 20.7 Å². The molecule has 0 unspecified atom stereocenters. The quantitative estimate of drug-likeness (QED) is 0.438. The third-order valence-electron chi connectivity index (χ3n) is 3.45. The number of methoxy groups -OCH3 is 2. The zero-order chi connectivity index (χ0) is 19.5. The molecule has 0 saturated heterocycles. The molecule has 0 bridgehead atoms. The maximum absolute atomic E-state index is 12.9. The van der Waals surface area contributed by atoms with Gasteiger partial charge in [-0.1, -0.05) is 12.1 Å². The molecule has 10 heteroatoms. The van der Waals surface area contributed by atoms with Crippen molar-refractivity contribution in [3.05, 3.63) is 63.7 Å². The van der Waals surface area contributed by atoms with E-state index in [2.05, 4.69) is 9.47 Å². The van der Waals surface area contributed by atoms with E-state index in [-0.39, 0.29) is 11.1 Å². The Labute approximate surface area is 148 Å². The summed E-state index contributed by atoms with van der Waals surface area (Å²) in [4.78, 5) is 32.7. The van der Waals surface area contributed by atoms with Crippen molar-refractivity contribution in [1.82, 2.24) is 0 Å². The van der Waals surface area contributed by atoms with Gasteiger partial charge >= 0.3 is 11.9 Å². The number of benzene rings is 2. The Hall–Kier alpha value is -3.27. The minimum Gasteiger partial charge on any atom is -0.465 e. The summed E-state index contributed by atoms with van der Waals surface area (Å²) in [6, 6.07) is 7.99. The number of hydrogen-bond donors (Lipinski definition) is 0. The SMILES string of the molecule is COC(=O)c1ccc(S(=O)(=O)c2ccccc2C(=O)OC)c([N+](=O)[O-])c1. The van der Waals surface area contributed by atoms with E-state index in [0.29, 0.717) is 0 Å². The van der Waals surface area contributed by atoms with Crippen LogP contribution in [0.15, 0.2) is 52.3 Å². The Balaban J connectivity index is 2.73. The van der Waals surface area contributed by atoms with E-state index in [4.69, 9.17) is 0 Å². The normalized spacial score (nSPS) is 10.8. The molecule has 0 N–H and O–H groups in total. The van der Waals surface area contributed by atoms with Gasteiger partial charge in [-0.2, -0.15) is 0 Å². The summed E-state index contributed by atoms with van der Waals surface area (Å²) in [5, 5.41) is 11.3. The molecule has 0 heterocycles. The molecule has 0 fully saturated rings. The second-order valence-electron chi connectivity index (χ2n) is 4.92. The first-order valence-electron chi connectivity index (χ1n) is 7.03. The number of hydrogen-bond acceptors (Lipinski definition) is 8. The minimum atomic E-state index is -4.44. The van der Waals surface area contributed by atoms with Crippen LogP contribution in [0.3, 0.4) is 0 Å². The average Bonchev–Trinajstić information content (AvgIpc) is 2.66. The van der Waals surface area contributed by atoms with Gasteiger partial charge in [-0.15, -0.1) is 0 Å². The maximum atomic E-state index is 12.9. The van der Waals surface area contributed by atoms with Crippen molar-refractivity contribution < 1.29 is 32.4 Å². The Morgan fingerprint density at radius 1 is 0.962 bits per heavy atom. The molecule has 0 aliphatic heterocycles. The lowest BCUT2D eigenvalue weighted by Gasteiger charge is -2.10. The Morgan fingerprint density at radius 2 is 1.58 bits per heavy atom. The molecule has 0 spiro atoms. The zero-order valence-electron chi connectivity index (χ0n) is 13.7. The predicted molar refractivity (Wildman–Crippen MR) is 87.7 cm³/mol. The van der Waals surface area contributed by atoms with Crippen molar-refractivity contribution in [3.8, 4) is 0 Å². The Kier molecular flexibility index (Phi) is 5.36. The molecule has 0 aliphatic rings. The second-order valence-corrected chi connectivity index (χ2v) is 6.81. The highest BCUT2D eigenvalue weighted by Gasteiger charge is 2.32. The molecule has 0 radical (unpaired) electrons. The third kappa shape index (κ3) is 3.40. The van der Waals surface area contributed by atoms with Gasteiger partial charge in [0.05, 0.1) is 35.2 Å². The minimum absolute atomic E-state index is 0.181. The molecule has 2 rings (SSSR count). The lowest BCUT2D eigenvalue weighted by atomic mass is 10.2. The van der Waals surface area contributed by atoms with Gasteiger partial charge in [0.1, 0.15) is 4.90 Å². The smallest absolute Gasteiger partial charge is 0.339 e. The third-order valence-corrected chi connectivity index (χ3v) is 5.31. The van der Waals surface area contributed by atoms with Crippen molar-refractivity contribution in [1.29, 1.82) is 0 Å². The van der Waals surface area contributed by atoms with Crippen molar-refractivity contribution >= 4 is 27.5 Å². The Bertz CT molecular complexity index is 997. The number of nitro groups is 1. The predicted octanol–water partition coefficient (Wildman–Crippen LogP) is 2.00. The summed E-state index contributed by atoms with van der Waals surface area (Å²) in [5.74, 6) is -1.76. The summed E-state index contributed by atoms with van der Waals surface area (Å²) in [7, 11) is -2.27. The number of esters is 2. The maximum Gasteiger partial charge on any atom is 0.339 e. The highest BCUT2D eigenvalue weighted by atomic mass is 32.2. The molecule has 0 aliphatic carbocycles. The van der Waals surface area contributed by atoms with E-state index < -0.39 is 42.2 Å². The van der Waals surface area contributed by atoms with E-state index in [1.54, 1.807) is 0 Å². The summed E-state index contributed by atoms with van der Waals surface area (Å²) >= 11 is 0. The standard InChI is InChI=1S/C16H13NO8S/c1-24-15(18)10-7-8-14(12(9-10)17(20)21)26(22,23)13-6-4-3-5-11(13)16(19)25-2/h3-9H,1-2H3.